The van der Waals surface area contributed by atoms with Gasteiger partial charge in [-0.25, -0.2) is 0 Å². The van der Waals surface area contributed by atoms with E-state index in [9.17, 15) is 9.59 Å². The van der Waals surface area contributed by atoms with Crippen LogP contribution in [-0.4, -0.2) is 25.0 Å². The lowest BCUT2D eigenvalue weighted by molar-refractivity contribution is -0.116. The Kier molecular flexibility index (Phi) is 4.42. The highest BCUT2D eigenvalue weighted by Crippen LogP contribution is 2.42. The first-order chi connectivity index (χ1) is 14.1. The molecule has 0 atom stereocenters. The maximum Gasteiger partial charge on any atom is 0.251 e. The van der Waals surface area contributed by atoms with Gasteiger partial charge in [-0.3, -0.25) is 9.59 Å². The SMILES string of the molecule is O=C1CCc2cc(C(=O)NC3(c4ccc5c(c4)OCCO5)CCCC3)ccc2N1. The molecule has 2 heterocycles. The van der Waals surface area contributed by atoms with Gasteiger partial charge in [0.05, 0.1) is 5.54 Å². The summed E-state index contributed by atoms with van der Waals surface area (Å²) in [5.41, 5.74) is 3.12. The topological polar surface area (TPSA) is 76.7 Å². The summed E-state index contributed by atoms with van der Waals surface area (Å²) in [6.07, 6.45) is 5.07. The molecule has 2 N–H and O–H groups in total. The van der Waals surface area contributed by atoms with Crippen molar-refractivity contribution in [3.05, 3.63) is 53.1 Å². The number of hydrogen-bond donors (Lipinski definition) is 2. The zero-order valence-electron chi connectivity index (χ0n) is 16.3. The molecule has 0 spiro atoms. The predicted molar refractivity (Wildman–Crippen MR) is 108 cm³/mol. The molecular formula is C23H24N2O4. The third-order valence-corrected chi connectivity index (χ3v) is 6.17. The summed E-state index contributed by atoms with van der Waals surface area (Å²) in [6.45, 7) is 1.11. The molecule has 0 aromatic heterocycles. The van der Waals surface area contributed by atoms with Crippen molar-refractivity contribution >= 4 is 17.5 Å². The number of benzene rings is 2. The molecule has 3 aliphatic rings. The van der Waals surface area contributed by atoms with Gasteiger partial charge in [0.15, 0.2) is 11.5 Å². The second-order valence-corrected chi connectivity index (χ2v) is 8.02. The number of carbonyl (C=O) groups excluding carboxylic acids is 2. The number of anilines is 1. The summed E-state index contributed by atoms with van der Waals surface area (Å²) in [6, 6.07) is 11.5. The Hall–Kier alpha value is -3.02. The van der Waals surface area contributed by atoms with Gasteiger partial charge in [0.25, 0.3) is 5.91 Å². The summed E-state index contributed by atoms with van der Waals surface area (Å²) in [5, 5.41) is 6.19. The number of rotatable bonds is 3. The number of hydrogen-bond acceptors (Lipinski definition) is 4. The zero-order chi connectivity index (χ0) is 19.8. The zero-order valence-corrected chi connectivity index (χ0v) is 16.3. The second-order valence-electron chi connectivity index (χ2n) is 8.02. The average molecular weight is 392 g/mol. The van der Waals surface area contributed by atoms with Gasteiger partial charge >= 0.3 is 0 Å². The highest BCUT2D eigenvalue weighted by atomic mass is 16.6. The van der Waals surface area contributed by atoms with Gasteiger partial charge in [0.2, 0.25) is 5.91 Å². The molecule has 1 aliphatic carbocycles. The summed E-state index contributed by atoms with van der Waals surface area (Å²) < 4.78 is 11.4. The Bertz CT molecular complexity index is 979. The molecule has 2 aromatic carbocycles. The maximum atomic E-state index is 13.2. The lowest BCUT2D eigenvalue weighted by atomic mass is 9.87. The molecule has 1 saturated carbocycles. The Morgan fingerprint density at radius 2 is 1.76 bits per heavy atom. The van der Waals surface area contributed by atoms with Crippen LogP contribution in [0.5, 0.6) is 11.5 Å². The van der Waals surface area contributed by atoms with E-state index in [1.807, 2.05) is 30.3 Å². The van der Waals surface area contributed by atoms with Crippen molar-refractivity contribution in [2.75, 3.05) is 18.5 Å². The molecule has 0 unspecified atom stereocenters. The van der Waals surface area contributed by atoms with Gasteiger partial charge in [-0.05, 0) is 60.7 Å². The van der Waals surface area contributed by atoms with E-state index in [4.69, 9.17) is 9.47 Å². The van der Waals surface area contributed by atoms with E-state index in [0.29, 0.717) is 31.6 Å². The molecule has 0 saturated heterocycles. The van der Waals surface area contributed by atoms with Crippen LogP contribution < -0.4 is 20.1 Å². The van der Waals surface area contributed by atoms with E-state index in [2.05, 4.69) is 10.6 Å². The van der Waals surface area contributed by atoms with Crippen molar-refractivity contribution in [1.82, 2.24) is 5.32 Å². The molecule has 2 amide bonds. The van der Waals surface area contributed by atoms with Gasteiger partial charge in [-0.2, -0.15) is 0 Å². The number of aryl methyl sites for hydroxylation is 1. The van der Waals surface area contributed by atoms with Crippen molar-refractivity contribution in [3.8, 4) is 11.5 Å². The summed E-state index contributed by atoms with van der Waals surface area (Å²) in [4.78, 5) is 24.7. The van der Waals surface area contributed by atoms with Crippen LogP contribution in [0.4, 0.5) is 5.69 Å². The summed E-state index contributed by atoms with van der Waals surface area (Å²) >= 11 is 0. The van der Waals surface area contributed by atoms with Crippen LogP contribution >= 0.6 is 0 Å². The van der Waals surface area contributed by atoms with Gasteiger partial charge in [0, 0.05) is 17.7 Å². The van der Waals surface area contributed by atoms with Crippen molar-refractivity contribution < 1.29 is 19.1 Å². The first-order valence-corrected chi connectivity index (χ1v) is 10.3. The molecule has 6 heteroatoms. The van der Waals surface area contributed by atoms with Gasteiger partial charge in [-0.1, -0.05) is 18.9 Å². The molecule has 2 aromatic rings. The van der Waals surface area contributed by atoms with Crippen LogP contribution in [0.1, 0.15) is 53.6 Å². The average Bonchev–Trinajstić information content (AvgIpc) is 3.22. The lowest BCUT2D eigenvalue weighted by Gasteiger charge is -2.32. The molecule has 0 bridgehead atoms. The number of fused-ring (bicyclic) bond motifs is 2. The quantitative estimate of drug-likeness (QED) is 0.838. The van der Waals surface area contributed by atoms with Gasteiger partial charge in [-0.15, -0.1) is 0 Å². The fourth-order valence-corrected chi connectivity index (χ4v) is 4.62. The minimum absolute atomic E-state index is 0.0261. The molecule has 2 aliphatic heterocycles. The van der Waals surface area contributed by atoms with Crippen LogP contribution in [-0.2, 0) is 16.8 Å². The highest BCUT2D eigenvalue weighted by Gasteiger charge is 2.38. The third kappa shape index (κ3) is 3.33. The molecule has 1 fully saturated rings. The van der Waals surface area contributed by atoms with Gasteiger partial charge < -0.3 is 20.1 Å². The summed E-state index contributed by atoms with van der Waals surface area (Å²) in [5.74, 6) is 1.45. The Morgan fingerprint density at radius 3 is 2.59 bits per heavy atom. The van der Waals surface area contributed by atoms with Crippen LogP contribution in [0.25, 0.3) is 0 Å². The number of nitrogens with one attached hydrogen (secondary N) is 2. The summed E-state index contributed by atoms with van der Waals surface area (Å²) in [7, 11) is 0. The van der Waals surface area contributed by atoms with E-state index in [1.54, 1.807) is 6.07 Å². The monoisotopic (exact) mass is 392 g/mol. The molecule has 29 heavy (non-hydrogen) atoms. The Labute approximate surface area is 169 Å². The van der Waals surface area contributed by atoms with E-state index in [-0.39, 0.29) is 11.8 Å². The minimum Gasteiger partial charge on any atom is -0.486 e. The van der Waals surface area contributed by atoms with E-state index in [0.717, 1.165) is 54.0 Å². The Balaban J connectivity index is 1.42. The van der Waals surface area contributed by atoms with E-state index < -0.39 is 5.54 Å². The lowest BCUT2D eigenvalue weighted by Crippen LogP contribution is -2.44. The number of amides is 2. The molecule has 6 nitrogen and oxygen atoms in total. The van der Waals surface area contributed by atoms with Crippen LogP contribution in [0.3, 0.4) is 0 Å². The van der Waals surface area contributed by atoms with E-state index in [1.165, 1.54) is 0 Å². The van der Waals surface area contributed by atoms with Crippen LogP contribution in [0.2, 0.25) is 0 Å². The van der Waals surface area contributed by atoms with Crippen molar-refractivity contribution in [3.63, 3.8) is 0 Å². The second kappa shape index (κ2) is 7.10. The fraction of sp³-hybridized carbons (Fsp3) is 0.391. The standard InChI is InChI=1S/C23H24N2O4/c26-21-8-4-15-13-16(3-6-18(15)24-21)22(27)25-23(9-1-2-10-23)17-5-7-19-20(14-17)29-12-11-28-19/h3,5-7,13-14H,1-2,4,8-12H2,(H,24,26)(H,25,27). The first kappa shape index (κ1) is 18.0. The fourth-order valence-electron chi connectivity index (χ4n) is 4.62. The maximum absolute atomic E-state index is 13.2. The largest absolute Gasteiger partial charge is 0.486 e. The molecular weight excluding hydrogens is 368 g/mol. The number of ether oxygens (including phenoxy) is 2. The Morgan fingerprint density at radius 1 is 0.966 bits per heavy atom. The predicted octanol–water partition coefficient (Wildman–Crippen LogP) is 3.54. The third-order valence-electron chi connectivity index (χ3n) is 6.17. The molecule has 150 valence electrons. The van der Waals surface area contributed by atoms with Crippen molar-refractivity contribution in [1.29, 1.82) is 0 Å². The molecule has 0 radical (unpaired) electrons. The first-order valence-electron chi connectivity index (χ1n) is 10.3. The minimum atomic E-state index is -0.392. The smallest absolute Gasteiger partial charge is 0.251 e. The van der Waals surface area contributed by atoms with Gasteiger partial charge in [0.1, 0.15) is 13.2 Å². The van der Waals surface area contributed by atoms with Crippen LogP contribution in [0, 0.1) is 0 Å². The number of carbonyl (C=O) groups is 2. The highest BCUT2D eigenvalue weighted by molar-refractivity contribution is 5.98. The van der Waals surface area contributed by atoms with Crippen molar-refractivity contribution in [2.24, 2.45) is 0 Å². The van der Waals surface area contributed by atoms with E-state index >= 15 is 0 Å². The van der Waals surface area contributed by atoms with Crippen molar-refractivity contribution in [2.45, 2.75) is 44.1 Å². The normalized spacial score (nSPS) is 19.2. The molecule has 5 rings (SSSR count). The van der Waals surface area contributed by atoms with Crippen LogP contribution in [0.15, 0.2) is 36.4 Å².